The van der Waals surface area contributed by atoms with Gasteiger partial charge in [0.15, 0.2) is 0 Å². The Balaban J connectivity index is 1.90. The van der Waals surface area contributed by atoms with E-state index >= 15 is 0 Å². The Kier molecular flexibility index (Phi) is 6.59. The number of furan rings is 1. The number of aryl methyl sites for hydroxylation is 1. The predicted molar refractivity (Wildman–Crippen MR) is 115 cm³/mol. The summed E-state index contributed by atoms with van der Waals surface area (Å²) in [4.78, 5) is 24.9. The predicted octanol–water partition coefficient (Wildman–Crippen LogP) is 5.11. The van der Waals surface area contributed by atoms with E-state index in [1.165, 1.54) is 5.56 Å². The number of carbonyl (C=O) groups excluding carboxylic acids is 2. The molecule has 164 valence electrons. The van der Waals surface area contributed by atoms with Crippen LogP contribution in [0.3, 0.4) is 0 Å². The monoisotopic (exact) mass is 414 g/mol. The van der Waals surface area contributed by atoms with Crippen LogP contribution < -0.4 is 0 Å². The fourth-order valence-electron chi connectivity index (χ4n) is 4.95. The lowest BCUT2D eigenvalue weighted by molar-refractivity contribution is -0.166. The third-order valence-corrected chi connectivity index (χ3v) is 7.37. The quantitative estimate of drug-likeness (QED) is 0.495. The SMILES string of the molecule is C/C=C(/C)C(=O)OC[C@H]1[C@@H](OC(=O)/C(C)=C\C)CC[C@@H]2Cc3occ(C)c3C[C@@]21C. The van der Waals surface area contributed by atoms with Crippen LogP contribution in [0.5, 0.6) is 0 Å². The maximum absolute atomic E-state index is 12.5. The molecule has 5 heteroatoms. The Labute approximate surface area is 179 Å². The lowest BCUT2D eigenvalue weighted by Crippen LogP contribution is -2.53. The van der Waals surface area contributed by atoms with Crippen LogP contribution in [0.25, 0.3) is 0 Å². The highest BCUT2D eigenvalue weighted by atomic mass is 16.6. The average Bonchev–Trinajstić information content (AvgIpc) is 3.08. The Bertz CT molecular complexity index is 874. The number of allylic oxidation sites excluding steroid dienone is 2. The number of carbonyl (C=O) groups is 2. The molecular formula is C25H34O5. The topological polar surface area (TPSA) is 65.7 Å². The van der Waals surface area contributed by atoms with Gasteiger partial charge >= 0.3 is 11.9 Å². The van der Waals surface area contributed by atoms with Crippen molar-refractivity contribution in [1.82, 2.24) is 0 Å². The molecule has 4 atom stereocenters. The van der Waals surface area contributed by atoms with Crippen molar-refractivity contribution in [3.05, 3.63) is 46.4 Å². The van der Waals surface area contributed by atoms with Crippen molar-refractivity contribution in [2.24, 2.45) is 17.3 Å². The number of esters is 2. The molecule has 1 aromatic heterocycles. The minimum atomic E-state index is -0.311. The van der Waals surface area contributed by atoms with E-state index in [4.69, 9.17) is 13.9 Å². The normalized spacial score (nSPS) is 29.1. The van der Waals surface area contributed by atoms with Crippen LogP contribution in [0.15, 0.2) is 34.0 Å². The van der Waals surface area contributed by atoms with Crippen LogP contribution in [0.1, 0.15) is 64.3 Å². The Morgan fingerprint density at radius 1 is 1.17 bits per heavy atom. The van der Waals surface area contributed by atoms with Crippen LogP contribution in [0, 0.1) is 24.2 Å². The van der Waals surface area contributed by atoms with E-state index in [9.17, 15) is 9.59 Å². The van der Waals surface area contributed by atoms with E-state index in [-0.39, 0.29) is 36.0 Å². The molecule has 1 aromatic rings. The average molecular weight is 415 g/mol. The van der Waals surface area contributed by atoms with Gasteiger partial charge in [-0.2, -0.15) is 0 Å². The summed E-state index contributed by atoms with van der Waals surface area (Å²) in [6.45, 7) is 11.8. The van der Waals surface area contributed by atoms with Crippen molar-refractivity contribution >= 4 is 11.9 Å². The van der Waals surface area contributed by atoms with Crippen LogP contribution >= 0.6 is 0 Å². The second kappa shape index (κ2) is 8.83. The second-order valence-corrected chi connectivity index (χ2v) is 9.07. The van der Waals surface area contributed by atoms with Gasteiger partial charge < -0.3 is 13.9 Å². The van der Waals surface area contributed by atoms with Gasteiger partial charge in [0, 0.05) is 23.5 Å². The molecule has 0 N–H and O–H groups in total. The van der Waals surface area contributed by atoms with E-state index in [1.54, 1.807) is 26.0 Å². The second-order valence-electron chi connectivity index (χ2n) is 9.07. The maximum atomic E-state index is 12.5. The third kappa shape index (κ3) is 4.12. The van der Waals surface area contributed by atoms with Crippen molar-refractivity contribution in [2.45, 2.75) is 73.3 Å². The molecule has 1 fully saturated rings. The standard InChI is InChI=1S/C25H34O5/c1-7-15(3)23(26)29-14-20-21(30-24(27)16(4)8-2)10-9-18-11-22-19(12-25(18,20)6)17(5)13-28-22/h7-8,13,18,20-21H,9-12,14H2,1-6H3/b15-7-,16-8-/t18-,20+,21+,25+/m1/s1. The van der Waals surface area contributed by atoms with Crippen molar-refractivity contribution in [2.75, 3.05) is 6.61 Å². The molecule has 0 saturated heterocycles. The van der Waals surface area contributed by atoms with E-state index in [0.29, 0.717) is 17.1 Å². The highest BCUT2D eigenvalue weighted by Crippen LogP contribution is 2.53. The van der Waals surface area contributed by atoms with E-state index < -0.39 is 0 Å². The van der Waals surface area contributed by atoms with Crippen molar-refractivity contribution in [3.63, 3.8) is 0 Å². The highest BCUT2D eigenvalue weighted by Gasteiger charge is 2.53. The summed E-state index contributed by atoms with van der Waals surface area (Å²) in [5, 5.41) is 0. The van der Waals surface area contributed by atoms with Gasteiger partial charge in [0.25, 0.3) is 0 Å². The molecule has 0 amide bonds. The van der Waals surface area contributed by atoms with Gasteiger partial charge in [0.1, 0.15) is 11.9 Å². The van der Waals surface area contributed by atoms with Crippen LogP contribution in [-0.4, -0.2) is 24.6 Å². The molecule has 0 radical (unpaired) electrons. The molecular weight excluding hydrogens is 380 g/mol. The van der Waals surface area contributed by atoms with Gasteiger partial charge in [0.2, 0.25) is 0 Å². The minimum absolute atomic E-state index is 0.0686. The van der Waals surface area contributed by atoms with Crippen molar-refractivity contribution in [3.8, 4) is 0 Å². The molecule has 3 rings (SSSR count). The summed E-state index contributed by atoms with van der Waals surface area (Å²) < 4.78 is 17.5. The van der Waals surface area contributed by atoms with Gasteiger partial charge in [-0.05, 0) is 76.3 Å². The molecule has 2 aliphatic rings. The summed E-state index contributed by atoms with van der Waals surface area (Å²) in [6.07, 6.45) is 8.53. The number of hydrogen-bond acceptors (Lipinski definition) is 5. The molecule has 0 aromatic carbocycles. The molecule has 30 heavy (non-hydrogen) atoms. The summed E-state index contributed by atoms with van der Waals surface area (Å²) in [6, 6.07) is 0. The number of fused-ring (bicyclic) bond motifs is 2. The fraction of sp³-hybridized carbons (Fsp3) is 0.600. The zero-order valence-corrected chi connectivity index (χ0v) is 19.0. The van der Waals surface area contributed by atoms with Gasteiger partial charge in [-0.3, -0.25) is 0 Å². The first-order chi connectivity index (χ1) is 14.2. The fourth-order valence-corrected chi connectivity index (χ4v) is 4.95. The lowest BCUT2D eigenvalue weighted by Gasteiger charge is -2.52. The molecule has 5 nitrogen and oxygen atoms in total. The van der Waals surface area contributed by atoms with Gasteiger partial charge in [0.05, 0.1) is 12.9 Å². The smallest absolute Gasteiger partial charge is 0.333 e. The Hall–Kier alpha value is -2.30. The van der Waals surface area contributed by atoms with Crippen LogP contribution in [0.4, 0.5) is 0 Å². The molecule has 1 heterocycles. The summed E-state index contributed by atoms with van der Waals surface area (Å²) in [7, 11) is 0. The van der Waals surface area contributed by atoms with Crippen molar-refractivity contribution < 1.29 is 23.5 Å². The first-order valence-corrected chi connectivity index (χ1v) is 10.9. The van der Waals surface area contributed by atoms with Gasteiger partial charge in [-0.25, -0.2) is 9.59 Å². The first kappa shape index (κ1) is 22.4. The third-order valence-electron chi connectivity index (χ3n) is 7.37. The first-order valence-electron chi connectivity index (χ1n) is 10.9. The van der Waals surface area contributed by atoms with E-state index in [2.05, 4.69) is 13.8 Å². The van der Waals surface area contributed by atoms with E-state index in [1.807, 2.05) is 20.1 Å². The maximum Gasteiger partial charge on any atom is 0.333 e. The van der Waals surface area contributed by atoms with Crippen molar-refractivity contribution in [1.29, 1.82) is 0 Å². The largest absolute Gasteiger partial charge is 0.469 e. The molecule has 1 saturated carbocycles. The lowest BCUT2D eigenvalue weighted by atomic mass is 9.54. The van der Waals surface area contributed by atoms with Gasteiger partial charge in [-0.15, -0.1) is 0 Å². The Morgan fingerprint density at radius 3 is 2.50 bits per heavy atom. The summed E-state index contributed by atoms with van der Waals surface area (Å²) >= 11 is 0. The zero-order valence-electron chi connectivity index (χ0n) is 19.0. The number of hydrogen-bond donors (Lipinski definition) is 0. The summed E-state index contributed by atoms with van der Waals surface area (Å²) in [5.74, 6) is 0.812. The molecule has 0 bridgehead atoms. The summed E-state index contributed by atoms with van der Waals surface area (Å²) in [5.41, 5.74) is 3.46. The zero-order chi connectivity index (χ0) is 22.1. The number of rotatable bonds is 5. The van der Waals surface area contributed by atoms with Gasteiger partial charge in [-0.1, -0.05) is 19.1 Å². The van der Waals surface area contributed by atoms with Crippen LogP contribution in [0.2, 0.25) is 0 Å². The molecule has 0 spiro atoms. The molecule has 0 unspecified atom stereocenters. The minimum Gasteiger partial charge on any atom is -0.469 e. The Morgan fingerprint density at radius 2 is 1.83 bits per heavy atom. The van der Waals surface area contributed by atoms with E-state index in [0.717, 1.165) is 37.0 Å². The van der Waals surface area contributed by atoms with Crippen LogP contribution in [-0.2, 0) is 31.9 Å². The highest BCUT2D eigenvalue weighted by molar-refractivity contribution is 5.88. The molecule has 0 aliphatic heterocycles. The molecule has 2 aliphatic carbocycles. The number of ether oxygens (including phenoxy) is 2.